The highest BCUT2D eigenvalue weighted by Gasteiger charge is 1.96. The van der Waals surface area contributed by atoms with Crippen LogP contribution in [0.1, 0.15) is 18.1 Å². The van der Waals surface area contributed by atoms with Crippen molar-refractivity contribution in [3.63, 3.8) is 0 Å². The number of methoxy groups -OCH3 is 1. The third-order valence-corrected chi connectivity index (χ3v) is 2.27. The molecule has 1 N–H and O–H groups in total. The normalized spacial score (nSPS) is 10.6. The minimum absolute atomic E-state index is 0.647. The maximum absolute atomic E-state index is 5.47. The van der Waals surface area contributed by atoms with Crippen LogP contribution < -0.4 is 5.32 Å². The van der Waals surface area contributed by atoms with Crippen molar-refractivity contribution in [1.29, 1.82) is 0 Å². The Kier molecular flexibility index (Phi) is 6.81. The number of ether oxygens (including phenoxy) is 2. The van der Waals surface area contributed by atoms with Gasteiger partial charge in [-0.05, 0) is 17.7 Å². The van der Waals surface area contributed by atoms with Crippen molar-refractivity contribution in [2.75, 3.05) is 26.9 Å². The first kappa shape index (κ1) is 13.2. The summed E-state index contributed by atoms with van der Waals surface area (Å²) in [6.45, 7) is 5.98. The van der Waals surface area contributed by atoms with Gasteiger partial charge in [0.05, 0.1) is 19.8 Å². The summed E-state index contributed by atoms with van der Waals surface area (Å²) in [6.07, 6.45) is 0. The van der Waals surface area contributed by atoms with Crippen LogP contribution in [0.3, 0.4) is 0 Å². The standard InChI is InChI=1S/C13H21NO2/c1-3-14-10-12-5-4-6-13(9-12)11-16-8-7-15-2/h4-6,9,14H,3,7-8,10-11H2,1-2H3. The van der Waals surface area contributed by atoms with Gasteiger partial charge in [-0.3, -0.25) is 0 Å². The molecule has 0 saturated carbocycles. The fraction of sp³-hybridized carbons (Fsp3) is 0.538. The lowest BCUT2D eigenvalue weighted by Crippen LogP contribution is -2.11. The van der Waals surface area contributed by atoms with E-state index in [9.17, 15) is 0 Å². The molecule has 0 bridgehead atoms. The second kappa shape index (κ2) is 8.28. The number of benzene rings is 1. The van der Waals surface area contributed by atoms with Crippen LogP contribution >= 0.6 is 0 Å². The van der Waals surface area contributed by atoms with Crippen molar-refractivity contribution in [2.45, 2.75) is 20.1 Å². The lowest BCUT2D eigenvalue weighted by molar-refractivity contribution is 0.0616. The van der Waals surface area contributed by atoms with Gasteiger partial charge in [0.2, 0.25) is 0 Å². The van der Waals surface area contributed by atoms with Gasteiger partial charge in [-0.1, -0.05) is 31.2 Å². The van der Waals surface area contributed by atoms with Gasteiger partial charge in [0, 0.05) is 13.7 Å². The van der Waals surface area contributed by atoms with Crippen LogP contribution in [0, 0.1) is 0 Å². The predicted molar refractivity (Wildman–Crippen MR) is 65.4 cm³/mol. The van der Waals surface area contributed by atoms with Gasteiger partial charge in [0.15, 0.2) is 0 Å². The number of rotatable bonds is 8. The van der Waals surface area contributed by atoms with E-state index in [1.165, 1.54) is 11.1 Å². The van der Waals surface area contributed by atoms with Crippen LogP contribution in [0.4, 0.5) is 0 Å². The Hall–Kier alpha value is -0.900. The molecule has 90 valence electrons. The summed E-state index contributed by atoms with van der Waals surface area (Å²) in [5.41, 5.74) is 2.51. The molecule has 0 atom stereocenters. The number of hydrogen-bond donors (Lipinski definition) is 1. The molecule has 3 heteroatoms. The Morgan fingerprint density at radius 2 is 2.00 bits per heavy atom. The molecule has 0 aliphatic carbocycles. The zero-order chi connectivity index (χ0) is 11.6. The molecule has 0 aliphatic heterocycles. The molecule has 0 fully saturated rings. The van der Waals surface area contributed by atoms with E-state index in [2.05, 4.69) is 36.5 Å². The second-order valence-corrected chi connectivity index (χ2v) is 3.65. The summed E-state index contributed by atoms with van der Waals surface area (Å²) in [5, 5.41) is 3.31. The topological polar surface area (TPSA) is 30.5 Å². The molecule has 3 nitrogen and oxygen atoms in total. The van der Waals surface area contributed by atoms with E-state index in [0.29, 0.717) is 19.8 Å². The molecule has 0 heterocycles. The van der Waals surface area contributed by atoms with Crippen LogP contribution in [-0.2, 0) is 22.6 Å². The third-order valence-electron chi connectivity index (χ3n) is 2.27. The molecule has 0 aliphatic rings. The molecule has 0 unspecified atom stereocenters. The average molecular weight is 223 g/mol. The Morgan fingerprint density at radius 3 is 2.75 bits per heavy atom. The van der Waals surface area contributed by atoms with E-state index in [0.717, 1.165) is 13.1 Å². The van der Waals surface area contributed by atoms with Crippen LogP contribution in [0.25, 0.3) is 0 Å². The molecule has 0 radical (unpaired) electrons. The molecule has 1 rings (SSSR count). The lowest BCUT2D eigenvalue weighted by atomic mass is 10.1. The maximum Gasteiger partial charge on any atom is 0.0718 e. The van der Waals surface area contributed by atoms with Crippen molar-refractivity contribution >= 4 is 0 Å². The Labute approximate surface area is 97.8 Å². The second-order valence-electron chi connectivity index (χ2n) is 3.65. The highest BCUT2D eigenvalue weighted by molar-refractivity contribution is 5.22. The highest BCUT2D eigenvalue weighted by atomic mass is 16.5. The zero-order valence-electron chi connectivity index (χ0n) is 10.2. The summed E-state index contributed by atoms with van der Waals surface area (Å²) in [4.78, 5) is 0. The van der Waals surface area contributed by atoms with Crippen molar-refractivity contribution in [1.82, 2.24) is 5.32 Å². The monoisotopic (exact) mass is 223 g/mol. The number of hydrogen-bond acceptors (Lipinski definition) is 3. The lowest BCUT2D eigenvalue weighted by Gasteiger charge is -2.06. The maximum atomic E-state index is 5.47. The van der Waals surface area contributed by atoms with E-state index >= 15 is 0 Å². The van der Waals surface area contributed by atoms with Gasteiger partial charge in [0.25, 0.3) is 0 Å². The fourth-order valence-electron chi connectivity index (χ4n) is 1.43. The molecular weight excluding hydrogens is 202 g/mol. The molecule has 0 spiro atoms. The van der Waals surface area contributed by atoms with E-state index in [-0.39, 0.29) is 0 Å². The minimum atomic E-state index is 0.647. The van der Waals surface area contributed by atoms with E-state index in [1.54, 1.807) is 7.11 Å². The van der Waals surface area contributed by atoms with Gasteiger partial charge in [-0.25, -0.2) is 0 Å². The van der Waals surface area contributed by atoms with Crippen LogP contribution in [0.2, 0.25) is 0 Å². The molecule has 0 saturated heterocycles. The third kappa shape index (κ3) is 5.26. The summed E-state index contributed by atoms with van der Waals surface area (Å²) >= 11 is 0. The first-order valence-electron chi connectivity index (χ1n) is 5.72. The molecule has 1 aromatic rings. The SMILES string of the molecule is CCNCc1cccc(COCCOC)c1. The Morgan fingerprint density at radius 1 is 1.19 bits per heavy atom. The van der Waals surface area contributed by atoms with Gasteiger partial charge in [0.1, 0.15) is 0 Å². The summed E-state index contributed by atoms with van der Waals surface area (Å²) in [7, 11) is 1.68. The summed E-state index contributed by atoms with van der Waals surface area (Å²) < 4.78 is 10.4. The highest BCUT2D eigenvalue weighted by Crippen LogP contribution is 2.06. The van der Waals surface area contributed by atoms with Crippen molar-refractivity contribution in [2.24, 2.45) is 0 Å². The van der Waals surface area contributed by atoms with Crippen LogP contribution in [-0.4, -0.2) is 26.9 Å². The van der Waals surface area contributed by atoms with Crippen LogP contribution in [0.5, 0.6) is 0 Å². The summed E-state index contributed by atoms with van der Waals surface area (Å²) in [6, 6.07) is 8.46. The van der Waals surface area contributed by atoms with Crippen LogP contribution in [0.15, 0.2) is 24.3 Å². The molecule has 1 aromatic carbocycles. The quantitative estimate of drug-likeness (QED) is 0.683. The van der Waals surface area contributed by atoms with E-state index in [1.807, 2.05) is 0 Å². The summed E-state index contributed by atoms with van der Waals surface area (Å²) in [5.74, 6) is 0. The van der Waals surface area contributed by atoms with Crippen molar-refractivity contribution in [3.05, 3.63) is 35.4 Å². The van der Waals surface area contributed by atoms with E-state index in [4.69, 9.17) is 9.47 Å². The first-order valence-corrected chi connectivity index (χ1v) is 5.72. The van der Waals surface area contributed by atoms with Gasteiger partial charge < -0.3 is 14.8 Å². The predicted octanol–water partition coefficient (Wildman–Crippen LogP) is 1.96. The minimum Gasteiger partial charge on any atom is -0.382 e. The molecule has 0 amide bonds. The smallest absolute Gasteiger partial charge is 0.0718 e. The van der Waals surface area contributed by atoms with E-state index < -0.39 is 0 Å². The zero-order valence-corrected chi connectivity index (χ0v) is 10.2. The first-order chi connectivity index (χ1) is 7.86. The van der Waals surface area contributed by atoms with Gasteiger partial charge in [-0.2, -0.15) is 0 Å². The Balaban J connectivity index is 2.35. The van der Waals surface area contributed by atoms with Crippen molar-refractivity contribution < 1.29 is 9.47 Å². The molecular formula is C13H21NO2. The van der Waals surface area contributed by atoms with Gasteiger partial charge >= 0.3 is 0 Å². The number of nitrogens with one attached hydrogen (secondary N) is 1. The molecule has 0 aromatic heterocycles. The van der Waals surface area contributed by atoms with Crippen molar-refractivity contribution in [3.8, 4) is 0 Å². The Bertz CT molecular complexity index is 289. The fourth-order valence-corrected chi connectivity index (χ4v) is 1.43. The average Bonchev–Trinajstić information content (AvgIpc) is 2.33. The molecule has 16 heavy (non-hydrogen) atoms. The van der Waals surface area contributed by atoms with Gasteiger partial charge in [-0.15, -0.1) is 0 Å². The largest absolute Gasteiger partial charge is 0.382 e.